The van der Waals surface area contributed by atoms with Crippen LogP contribution in [-0.4, -0.2) is 4.93 Å². The van der Waals surface area contributed by atoms with Crippen LogP contribution in [0, 0.1) is 0 Å². The highest BCUT2D eigenvalue weighted by molar-refractivity contribution is 14.1. The molecular formula is C14H17I. The van der Waals surface area contributed by atoms with Crippen LogP contribution in [0.5, 0.6) is 0 Å². The molecule has 0 radical (unpaired) electrons. The minimum absolute atomic E-state index is 1.11. The van der Waals surface area contributed by atoms with Gasteiger partial charge >= 0.3 is 0 Å². The van der Waals surface area contributed by atoms with Gasteiger partial charge in [0, 0.05) is 0 Å². The summed E-state index contributed by atoms with van der Waals surface area (Å²) in [5, 5.41) is 0. The van der Waals surface area contributed by atoms with E-state index in [1.54, 1.807) is 0 Å². The molecule has 0 atom stereocenters. The summed E-state index contributed by atoms with van der Waals surface area (Å²) in [5.74, 6) is 0. The Morgan fingerprint density at radius 2 is 1.73 bits per heavy atom. The molecular weight excluding hydrogens is 295 g/mol. The van der Waals surface area contributed by atoms with E-state index < -0.39 is 0 Å². The Morgan fingerprint density at radius 3 is 2.27 bits per heavy atom. The van der Waals surface area contributed by atoms with E-state index in [4.69, 9.17) is 0 Å². The normalized spacial score (nSPS) is 13.8. The second-order valence-electron chi connectivity index (χ2n) is 3.68. The van der Waals surface area contributed by atoms with Crippen molar-refractivity contribution in [2.24, 2.45) is 0 Å². The standard InChI is InChI=1S/C13H14.CH3I/c1-11-7-8-13(9-11)10-12-5-3-2-4-6-12;1-2/h2-8H,9-10H2,1H3;1H3. The van der Waals surface area contributed by atoms with E-state index in [0.29, 0.717) is 0 Å². The van der Waals surface area contributed by atoms with Crippen molar-refractivity contribution in [1.29, 1.82) is 0 Å². The molecule has 0 bridgehead atoms. The Balaban J connectivity index is 0.000000531. The van der Waals surface area contributed by atoms with Gasteiger partial charge in [0.15, 0.2) is 0 Å². The summed E-state index contributed by atoms with van der Waals surface area (Å²) in [4.78, 5) is 1.97. The molecule has 15 heavy (non-hydrogen) atoms. The summed E-state index contributed by atoms with van der Waals surface area (Å²) in [6, 6.07) is 10.6. The average Bonchev–Trinajstić information content (AvgIpc) is 2.68. The van der Waals surface area contributed by atoms with Crippen molar-refractivity contribution in [3.8, 4) is 0 Å². The molecule has 1 aliphatic carbocycles. The van der Waals surface area contributed by atoms with Crippen molar-refractivity contribution >= 4 is 22.6 Å². The Kier molecular flexibility index (Phi) is 5.69. The molecule has 0 saturated heterocycles. The van der Waals surface area contributed by atoms with Crippen molar-refractivity contribution in [3.05, 3.63) is 59.2 Å². The van der Waals surface area contributed by atoms with Gasteiger partial charge in [-0.3, -0.25) is 0 Å². The molecule has 0 fully saturated rings. The molecule has 0 saturated carbocycles. The SMILES string of the molecule is CC1=CC=C(Cc2ccccc2)C1.CI. The van der Waals surface area contributed by atoms with Gasteiger partial charge in [-0.2, -0.15) is 0 Å². The Bertz CT molecular complexity index is 347. The maximum absolute atomic E-state index is 2.25. The van der Waals surface area contributed by atoms with E-state index in [2.05, 4.69) is 72.0 Å². The second kappa shape index (κ2) is 6.83. The summed E-state index contributed by atoms with van der Waals surface area (Å²) in [7, 11) is 0. The summed E-state index contributed by atoms with van der Waals surface area (Å²) in [6.45, 7) is 2.19. The largest absolute Gasteiger partial charge is 0.0901 e. The fraction of sp³-hybridized carbons (Fsp3) is 0.286. The number of rotatable bonds is 2. The number of allylic oxidation sites excluding steroid dienone is 4. The molecule has 1 heteroatoms. The second-order valence-corrected chi connectivity index (χ2v) is 3.68. The lowest BCUT2D eigenvalue weighted by Crippen LogP contribution is -1.87. The summed E-state index contributed by atoms with van der Waals surface area (Å²) in [5.41, 5.74) is 4.42. The fourth-order valence-corrected chi connectivity index (χ4v) is 1.72. The average molecular weight is 312 g/mol. The monoisotopic (exact) mass is 312 g/mol. The number of hydrogen-bond acceptors (Lipinski definition) is 0. The van der Waals surface area contributed by atoms with E-state index in [1.807, 2.05) is 4.93 Å². The predicted molar refractivity (Wildman–Crippen MR) is 76.5 cm³/mol. The van der Waals surface area contributed by atoms with Gasteiger partial charge in [-0.25, -0.2) is 0 Å². The van der Waals surface area contributed by atoms with Crippen molar-refractivity contribution in [1.82, 2.24) is 0 Å². The quantitative estimate of drug-likeness (QED) is 0.555. The Hall–Kier alpha value is -0.570. The van der Waals surface area contributed by atoms with Gasteiger partial charge < -0.3 is 0 Å². The zero-order chi connectivity index (χ0) is 11.1. The van der Waals surface area contributed by atoms with Crippen molar-refractivity contribution in [3.63, 3.8) is 0 Å². The first-order chi connectivity index (χ1) is 7.34. The number of alkyl halides is 1. The molecule has 0 nitrogen and oxygen atoms in total. The molecule has 0 amide bonds. The van der Waals surface area contributed by atoms with E-state index >= 15 is 0 Å². The van der Waals surface area contributed by atoms with Crippen LogP contribution in [0.3, 0.4) is 0 Å². The molecule has 1 aromatic carbocycles. The van der Waals surface area contributed by atoms with Crippen LogP contribution in [0.1, 0.15) is 18.9 Å². The first-order valence-electron chi connectivity index (χ1n) is 5.11. The Labute approximate surface area is 106 Å². The van der Waals surface area contributed by atoms with E-state index in [0.717, 1.165) is 12.8 Å². The lowest BCUT2D eigenvalue weighted by molar-refractivity contribution is 1.05. The third-order valence-electron chi connectivity index (χ3n) is 2.38. The molecule has 80 valence electrons. The highest BCUT2D eigenvalue weighted by atomic mass is 127. The fourth-order valence-electron chi connectivity index (χ4n) is 1.72. The van der Waals surface area contributed by atoms with E-state index in [-0.39, 0.29) is 0 Å². The maximum Gasteiger partial charge on any atom is -0.00608 e. The lowest BCUT2D eigenvalue weighted by atomic mass is 10.0. The smallest absolute Gasteiger partial charge is 0.00608 e. The van der Waals surface area contributed by atoms with Gasteiger partial charge in [0.05, 0.1) is 0 Å². The van der Waals surface area contributed by atoms with Gasteiger partial charge in [0.2, 0.25) is 0 Å². The highest BCUT2D eigenvalue weighted by Gasteiger charge is 2.04. The first kappa shape index (κ1) is 12.5. The Morgan fingerprint density at radius 1 is 1.07 bits per heavy atom. The van der Waals surface area contributed by atoms with Crippen LogP contribution in [-0.2, 0) is 6.42 Å². The number of halogens is 1. The van der Waals surface area contributed by atoms with E-state index in [9.17, 15) is 0 Å². The molecule has 1 aromatic rings. The molecule has 1 aliphatic rings. The van der Waals surface area contributed by atoms with Crippen molar-refractivity contribution in [2.75, 3.05) is 4.93 Å². The number of benzene rings is 1. The van der Waals surface area contributed by atoms with Gasteiger partial charge in [-0.15, -0.1) is 0 Å². The summed E-state index contributed by atoms with van der Waals surface area (Å²) in [6.07, 6.45) is 6.74. The lowest BCUT2D eigenvalue weighted by Gasteiger charge is -2.02. The minimum atomic E-state index is 1.11. The van der Waals surface area contributed by atoms with Gasteiger partial charge in [-0.1, -0.05) is 76.2 Å². The van der Waals surface area contributed by atoms with Gasteiger partial charge in [0.1, 0.15) is 0 Å². The maximum atomic E-state index is 2.25. The topological polar surface area (TPSA) is 0 Å². The van der Waals surface area contributed by atoms with Crippen LogP contribution < -0.4 is 0 Å². The zero-order valence-electron chi connectivity index (χ0n) is 9.33. The molecule has 0 N–H and O–H groups in total. The molecule has 2 rings (SSSR count). The van der Waals surface area contributed by atoms with Crippen LogP contribution in [0.15, 0.2) is 53.6 Å². The third-order valence-corrected chi connectivity index (χ3v) is 2.38. The summed E-state index contributed by atoms with van der Waals surface area (Å²) < 4.78 is 0. The molecule has 0 aliphatic heterocycles. The molecule has 0 spiro atoms. The van der Waals surface area contributed by atoms with Gasteiger partial charge in [-0.05, 0) is 30.3 Å². The van der Waals surface area contributed by atoms with Crippen molar-refractivity contribution < 1.29 is 0 Å². The predicted octanol–water partition coefficient (Wildman–Crippen LogP) is 4.56. The molecule has 0 heterocycles. The first-order valence-corrected chi connectivity index (χ1v) is 7.27. The van der Waals surface area contributed by atoms with Crippen LogP contribution in [0.25, 0.3) is 0 Å². The van der Waals surface area contributed by atoms with E-state index in [1.165, 1.54) is 16.7 Å². The number of hydrogen-bond donors (Lipinski definition) is 0. The van der Waals surface area contributed by atoms with Crippen LogP contribution in [0.4, 0.5) is 0 Å². The van der Waals surface area contributed by atoms with Gasteiger partial charge in [0.25, 0.3) is 0 Å². The molecule has 0 unspecified atom stereocenters. The molecule has 0 aromatic heterocycles. The van der Waals surface area contributed by atoms with Crippen molar-refractivity contribution in [2.45, 2.75) is 19.8 Å². The highest BCUT2D eigenvalue weighted by Crippen LogP contribution is 2.21. The zero-order valence-corrected chi connectivity index (χ0v) is 11.5. The van der Waals surface area contributed by atoms with Crippen LogP contribution >= 0.6 is 22.6 Å². The third kappa shape index (κ3) is 4.20. The summed E-state index contributed by atoms with van der Waals surface area (Å²) >= 11 is 2.15. The van der Waals surface area contributed by atoms with Crippen LogP contribution in [0.2, 0.25) is 0 Å². The minimum Gasteiger partial charge on any atom is -0.0901 e.